The summed E-state index contributed by atoms with van der Waals surface area (Å²) >= 11 is 0. The van der Waals surface area contributed by atoms with Crippen molar-refractivity contribution in [1.29, 1.82) is 0 Å². The van der Waals surface area contributed by atoms with E-state index in [4.69, 9.17) is 4.74 Å². The molecular formula is C19H20F3NO2. The molecule has 2 aromatic rings. The maximum Gasteiger partial charge on any atom is 0.262 e. The van der Waals surface area contributed by atoms with E-state index in [0.29, 0.717) is 6.42 Å². The molecule has 2 rings (SSSR count). The Labute approximate surface area is 144 Å². The van der Waals surface area contributed by atoms with Crippen LogP contribution in [0.2, 0.25) is 0 Å². The molecule has 0 bridgehead atoms. The van der Waals surface area contributed by atoms with Crippen molar-refractivity contribution in [1.82, 2.24) is 5.32 Å². The number of nitrogens with one attached hydrogen (secondary N) is 1. The molecule has 6 heteroatoms. The molecule has 0 aliphatic rings. The first kappa shape index (κ1) is 18.8. The molecule has 2 aromatic carbocycles. The van der Waals surface area contributed by atoms with Crippen molar-refractivity contribution in [2.45, 2.75) is 32.2 Å². The van der Waals surface area contributed by atoms with Crippen LogP contribution in [0.3, 0.4) is 0 Å². The second-order valence-electron chi connectivity index (χ2n) is 5.76. The van der Waals surface area contributed by atoms with E-state index in [9.17, 15) is 18.0 Å². The lowest BCUT2D eigenvalue weighted by atomic mass is 10.0. The van der Waals surface area contributed by atoms with Gasteiger partial charge >= 0.3 is 0 Å². The first-order chi connectivity index (χ1) is 11.9. The normalized spacial score (nSPS) is 12.1. The zero-order valence-electron chi connectivity index (χ0n) is 14.1. The molecule has 0 aliphatic heterocycles. The highest BCUT2D eigenvalue weighted by Gasteiger charge is 2.25. The Morgan fingerprint density at radius 2 is 1.84 bits per heavy atom. The van der Waals surface area contributed by atoms with Crippen molar-refractivity contribution in [3.8, 4) is 5.75 Å². The smallest absolute Gasteiger partial charge is 0.262 e. The molecule has 0 radical (unpaired) electrons. The van der Waals surface area contributed by atoms with Crippen LogP contribution in [0.5, 0.6) is 5.75 Å². The summed E-state index contributed by atoms with van der Waals surface area (Å²) in [5.41, 5.74) is 2.05. The summed E-state index contributed by atoms with van der Waals surface area (Å²) in [6, 6.07) is 9.61. The third-order valence-electron chi connectivity index (χ3n) is 3.86. The number of rotatable bonds is 7. The number of alkyl halides is 2. The Hall–Kier alpha value is -2.50. The molecule has 3 nitrogen and oxygen atoms in total. The van der Waals surface area contributed by atoms with Gasteiger partial charge in [-0.1, -0.05) is 35.9 Å². The molecule has 25 heavy (non-hydrogen) atoms. The quantitative estimate of drug-likeness (QED) is 0.812. The number of benzene rings is 2. The molecule has 0 saturated carbocycles. The number of hydrogen-bond acceptors (Lipinski definition) is 2. The fraction of sp³-hybridized carbons (Fsp3) is 0.316. The maximum absolute atomic E-state index is 13.7. The van der Waals surface area contributed by atoms with Gasteiger partial charge in [0, 0.05) is 6.42 Å². The summed E-state index contributed by atoms with van der Waals surface area (Å²) < 4.78 is 45.1. The molecule has 134 valence electrons. The van der Waals surface area contributed by atoms with Crippen molar-refractivity contribution in [3.05, 3.63) is 65.0 Å². The van der Waals surface area contributed by atoms with Crippen LogP contribution >= 0.6 is 0 Å². The highest BCUT2D eigenvalue weighted by Crippen LogP contribution is 2.26. The van der Waals surface area contributed by atoms with Gasteiger partial charge in [-0.3, -0.25) is 4.79 Å². The zero-order chi connectivity index (χ0) is 18.4. The fourth-order valence-electron chi connectivity index (χ4n) is 2.43. The van der Waals surface area contributed by atoms with E-state index in [-0.39, 0.29) is 17.7 Å². The van der Waals surface area contributed by atoms with Crippen LogP contribution in [-0.2, 0) is 11.2 Å². The van der Waals surface area contributed by atoms with E-state index in [2.05, 4.69) is 5.32 Å². The molecule has 0 fully saturated rings. The molecule has 0 aromatic heterocycles. The Morgan fingerprint density at radius 3 is 2.40 bits per heavy atom. The van der Waals surface area contributed by atoms with Crippen LogP contribution in [0.15, 0.2) is 42.5 Å². The number of carbonyl (C=O) groups is 1. The lowest BCUT2D eigenvalue weighted by Gasteiger charge is -2.19. The van der Waals surface area contributed by atoms with Crippen molar-refractivity contribution in [3.63, 3.8) is 0 Å². The number of aryl methyl sites for hydroxylation is 2. The Morgan fingerprint density at radius 1 is 1.16 bits per heavy atom. The molecule has 0 spiro atoms. The van der Waals surface area contributed by atoms with Gasteiger partial charge in [-0.2, -0.15) is 0 Å². The number of methoxy groups -OCH3 is 1. The Kier molecular flexibility index (Phi) is 6.44. The van der Waals surface area contributed by atoms with Gasteiger partial charge in [-0.15, -0.1) is 0 Å². The van der Waals surface area contributed by atoms with Crippen LogP contribution in [-0.4, -0.2) is 19.4 Å². The summed E-state index contributed by atoms with van der Waals surface area (Å²) in [5.74, 6) is -1.30. The summed E-state index contributed by atoms with van der Waals surface area (Å²) in [4.78, 5) is 12.0. The molecule has 0 saturated heterocycles. The summed E-state index contributed by atoms with van der Waals surface area (Å²) in [5, 5.41) is 2.28. The van der Waals surface area contributed by atoms with Crippen LogP contribution in [0.4, 0.5) is 13.2 Å². The fourth-order valence-corrected chi connectivity index (χ4v) is 2.43. The van der Waals surface area contributed by atoms with E-state index < -0.39 is 24.2 Å². The number of amides is 1. The summed E-state index contributed by atoms with van der Waals surface area (Å²) in [6.07, 6.45) is -2.33. The second kappa shape index (κ2) is 8.55. The average molecular weight is 351 g/mol. The SMILES string of the molecule is COc1ccc([C@@H](NC(=O)CCc2ccc(C)cc2)C(F)F)cc1F. The first-order valence-electron chi connectivity index (χ1n) is 7.87. The van der Waals surface area contributed by atoms with Crippen LogP contribution in [0, 0.1) is 12.7 Å². The van der Waals surface area contributed by atoms with E-state index in [0.717, 1.165) is 17.2 Å². The molecule has 1 atom stereocenters. The van der Waals surface area contributed by atoms with Crippen LogP contribution in [0.25, 0.3) is 0 Å². The number of hydrogen-bond donors (Lipinski definition) is 1. The molecule has 0 unspecified atom stereocenters. The minimum Gasteiger partial charge on any atom is -0.494 e. The molecular weight excluding hydrogens is 331 g/mol. The third-order valence-corrected chi connectivity index (χ3v) is 3.86. The van der Waals surface area contributed by atoms with E-state index in [1.165, 1.54) is 19.2 Å². The molecule has 1 N–H and O–H groups in total. The van der Waals surface area contributed by atoms with Gasteiger partial charge in [0.15, 0.2) is 11.6 Å². The van der Waals surface area contributed by atoms with Crippen molar-refractivity contribution in [2.24, 2.45) is 0 Å². The van der Waals surface area contributed by atoms with Gasteiger partial charge in [0.25, 0.3) is 6.43 Å². The first-order valence-corrected chi connectivity index (χ1v) is 7.87. The van der Waals surface area contributed by atoms with E-state index >= 15 is 0 Å². The zero-order valence-corrected chi connectivity index (χ0v) is 14.1. The predicted octanol–water partition coefficient (Wildman–Crippen LogP) is 4.20. The third kappa shape index (κ3) is 5.24. The second-order valence-corrected chi connectivity index (χ2v) is 5.76. The van der Waals surface area contributed by atoms with Crippen molar-refractivity contribution in [2.75, 3.05) is 7.11 Å². The predicted molar refractivity (Wildman–Crippen MR) is 89.3 cm³/mol. The standard InChI is InChI=1S/C19H20F3NO2/c1-12-3-5-13(6-4-12)7-10-17(24)23-18(19(21)22)14-8-9-16(25-2)15(20)11-14/h3-6,8-9,11,18-19H,7,10H2,1-2H3,(H,23,24)/t18-/m1/s1. The molecule has 1 amide bonds. The monoisotopic (exact) mass is 351 g/mol. The Balaban J connectivity index is 2.01. The molecule has 0 heterocycles. The van der Waals surface area contributed by atoms with Crippen LogP contribution < -0.4 is 10.1 Å². The number of halogens is 3. The van der Waals surface area contributed by atoms with Gasteiger partial charge in [-0.25, -0.2) is 13.2 Å². The maximum atomic E-state index is 13.7. The lowest BCUT2D eigenvalue weighted by Crippen LogP contribution is -2.33. The summed E-state index contributed by atoms with van der Waals surface area (Å²) in [6.45, 7) is 1.96. The van der Waals surface area contributed by atoms with Crippen molar-refractivity contribution < 1.29 is 22.7 Å². The highest BCUT2D eigenvalue weighted by atomic mass is 19.3. The summed E-state index contributed by atoms with van der Waals surface area (Å²) in [7, 11) is 1.29. The van der Waals surface area contributed by atoms with E-state index in [1.807, 2.05) is 31.2 Å². The minimum absolute atomic E-state index is 0.00279. The number of carbonyl (C=O) groups excluding carboxylic acids is 1. The van der Waals surface area contributed by atoms with Gasteiger partial charge in [0.2, 0.25) is 5.91 Å². The van der Waals surface area contributed by atoms with Gasteiger partial charge < -0.3 is 10.1 Å². The van der Waals surface area contributed by atoms with Crippen LogP contribution in [0.1, 0.15) is 29.2 Å². The molecule has 0 aliphatic carbocycles. The Bertz CT molecular complexity index is 717. The van der Waals surface area contributed by atoms with Gasteiger partial charge in [0.05, 0.1) is 7.11 Å². The van der Waals surface area contributed by atoms with Gasteiger partial charge in [0.1, 0.15) is 6.04 Å². The average Bonchev–Trinajstić information content (AvgIpc) is 2.59. The highest BCUT2D eigenvalue weighted by molar-refractivity contribution is 5.76. The lowest BCUT2D eigenvalue weighted by molar-refractivity contribution is -0.123. The van der Waals surface area contributed by atoms with E-state index in [1.54, 1.807) is 0 Å². The number of ether oxygens (including phenoxy) is 1. The van der Waals surface area contributed by atoms with Gasteiger partial charge in [-0.05, 0) is 36.6 Å². The largest absolute Gasteiger partial charge is 0.494 e. The van der Waals surface area contributed by atoms with Crippen molar-refractivity contribution >= 4 is 5.91 Å². The minimum atomic E-state index is -2.85. The topological polar surface area (TPSA) is 38.3 Å².